The topological polar surface area (TPSA) is 79.6 Å². The highest BCUT2D eigenvalue weighted by Crippen LogP contribution is 2.54. The van der Waals surface area contributed by atoms with Gasteiger partial charge in [-0.3, -0.25) is 9.59 Å². The Balaban J connectivity index is 1.47. The molecule has 1 aliphatic rings. The lowest BCUT2D eigenvalue weighted by Crippen LogP contribution is -2.42. The minimum Gasteiger partial charge on any atom is -0.457 e. The number of ether oxygens (including phenoxy) is 2. The largest absolute Gasteiger partial charge is 0.457 e. The van der Waals surface area contributed by atoms with E-state index in [1.165, 1.54) is 4.90 Å². The Labute approximate surface area is 421 Å². The highest BCUT2D eigenvalue weighted by molar-refractivity contribution is 6.44. The number of rotatable bonds is 5. The Morgan fingerprint density at radius 1 is 0.408 bits per heavy atom. The number of anilines is 1. The first-order valence-corrected chi connectivity index (χ1v) is 25.1. The molecule has 8 aromatic rings. The SMILES string of the molecule is CC(C)(C)c1cc(Oc2cc3c4c(cc(Oc5cc(C(C)(C)C)cc(C(C)(C)C)c5)c5c6ccc(C#N)c7cccc(c2c45)c76)C(=O)N(c2cc(C(C)(C)C)ccc2C(C)(C)C)C3=O)cc(C(C)(C)C)c1. The molecule has 0 fully saturated rings. The summed E-state index contributed by atoms with van der Waals surface area (Å²) in [5.41, 5.74) is 6.70. The summed E-state index contributed by atoms with van der Waals surface area (Å²) >= 11 is 0. The van der Waals surface area contributed by atoms with E-state index < -0.39 is 17.2 Å². The molecule has 6 nitrogen and oxygen atoms in total. The third-order valence-corrected chi connectivity index (χ3v) is 14.5. The van der Waals surface area contributed by atoms with Gasteiger partial charge in [0.15, 0.2) is 0 Å². The molecule has 0 spiro atoms. The van der Waals surface area contributed by atoms with Crippen molar-refractivity contribution in [3.63, 3.8) is 0 Å². The predicted molar refractivity (Wildman–Crippen MR) is 295 cm³/mol. The first kappa shape index (κ1) is 49.3. The Morgan fingerprint density at radius 3 is 1.24 bits per heavy atom. The molecule has 0 saturated carbocycles. The number of amides is 2. The fourth-order valence-electron chi connectivity index (χ4n) is 10.2. The van der Waals surface area contributed by atoms with Crippen LogP contribution in [0.4, 0.5) is 5.69 Å². The van der Waals surface area contributed by atoms with Gasteiger partial charge in [0.1, 0.15) is 23.0 Å². The average Bonchev–Trinajstić information content (AvgIpc) is 3.25. The first-order valence-electron chi connectivity index (χ1n) is 25.1. The van der Waals surface area contributed by atoms with Gasteiger partial charge in [-0.05, 0) is 131 Å². The van der Waals surface area contributed by atoms with E-state index in [1.54, 1.807) is 0 Å². The molecule has 0 N–H and O–H groups in total. The van der Waals surface area contributed by atoms with Gasteiger partial charge in [0.05, 0.1) is 28.4 Å². The van der Waals surface area contributed by atoms with Gasteiger partial charge >= 0.3 is 0 Å². The van der Waals surface area contributed by atoms with Crippen LogP contribution >= 0.6 is 0 Å². The normalized spacial score (nSPS) is 14.1. The number of carbonyl (C=O) groups is 2. The van der Waals surface area contributed by atoms with Crippen molar-refractivity contribution in [3.8, 4) is 29.1 Å². The van der Waals surface area contributed by atoms with E-state index in [0.717, 1.165) is 65.7 Å². The number of imide groups is 1. The smallest absolute Gasteiger partial charge is 0.266 e. The molecule has 364 valence electrons. The number of benzene rings is 8. The van der Waals surface area contributed by atoms with Gasteiger partial charge in [-0.15, -0.1) is 0 Å². The van der Waals surface area contributed by atoms with Gasteiger partial charge in [-0.25, -0.2) is 4.90 Å². The lowest BCUT2D eigenvalue weighted by molar-refractivity contribution is 0.0892. The van der Waals surface area contributed by atoms with E-state index in [0.29, 0.717) is 56.1 Å². The second kappa shape index (κ2) is 16.2. The van der Waals surface area contributed by atoms with Crippen LogP contribution in [0.15, 0.2) is 97.1 Å². The van der Waals surface area contributed by atoms with Crippen molar-refractivity contribution < 1.29 is 19.1 Å². The van der Waals surface area contributed by atoms with E-state index in [9.17, 15) is 5.26 Å². The molecule has 71 heavy (non-hydrogen) atoms. The average molecular weight is 943 g/mol. The van der Waals surface area contributed by atoms with Gasteiger partial charge in [0.2, 0.25) is 0 Å². The van der Waals surface area contributed by atoms with E-state index in [-0.39, 0.29) is 27.1 Å². The van der Waals surface area contributed by atoms with Gasteiger partial charge in [0, 0.05) is 26.9 Å². The summed E-state index contributed by atoms with van der Waals surface area (Å²) in [6.07, 6.45) is 0. The van der Waals surface area contributed by atoms with Crippen LogP contribution in [-0.2, 0) is 32.5 Å². The summed E-state index contributed by atoms with van der Waals surface area (Å²) in [5.74, 6) is 1.36. The molecule has 0 radical (unpaired) electrons. The summed E-state index contributed by atoms with van der Waals surface area (Å²) < 4.78 is 14.7. The summed E-state index contributed by atoms with van der Waals surface area (Å²) in [6.45, 7) is 39.2. The van der Waals surface area contributed by atoms with Gasteiger partial charge in [-0.2, -0.15) is 5.26 Å². The summed E-state index contributed by atoms with van der Waals surface area (Å²) in [6, 6.07) is 35.2. The molecule has 6 heteroatoms. The summed E-state index contributed by atoms with van der Waals surface area (Å²) in [5, 5.41) is 16.6. The van der Waals surface area contributed by atoms with Gasteiger partial charge < -0.3 is 9.47 Å². The molecule has 1 heterocycles. The van der Waals surface area contributed by atoms with E-state index in [4.69, 9.17) is 9.47 Å². The number of nitriles is 1. The predicted octanol–water partition coefficient (Wildman–Crippen LogP) is 17.8. The van der Waals surface area contributed by atoms with Crippen LogP contribution in [-0.4, -0.2) is 11.8 Å². The fraction of sp³-hybridized carbons (Fsp3) is 0.369. The molecule has 0 saturated heterocycles. The molecular formula is C65H70N2O4. The molecule has 2 amide bonds. The van der Waals surface area contributed by atoms with Crippen LogP contribution in [0.5, 0.6) is 23.0 Å². The molecule has 0 aromatic heterocycles. The van der Waals surface area contributed by atoms with Crippen molar-refractivity contribution in [1.82, 2.24) is 0 Å². The van der Waals surface area contributed by atoms with Gasteiger partial charge in [0.25, 0.3) is 11.8 Å². The third kappa shape index (κ3) is 8.50. The second-order valence-electron chi connectivity index (χ2n) is 26.2. The van der Waals surface area contributed by atoms with E-state index in [2.05, 4.69) is 185 Å². The Kier molecular flexibility index (Phi) is 11.2. The molecule has 9 rings (SSSR count). The van der Waals surface area contributed by atoms with Crippen LogP contribution in [0.1, 0.15) is 184 Å². The Bertz CT molecular complexity index is 3360. The number of hydrogen-bond acceptors (Lipinski definition) is 5. The monoisotopic (exact) mass is 943 g/mol. The maximum Gasteiger partial charge on any atom is 0.266 e. The fourth-order valence-corrected chi connectivity index (χ4v) is 10.2. The maximum atomic E-state index is 15.9. The van der Waals surface area contributed by atoms with Crippen molar-refractivity contribution >= 4 is 60.6 Å². The Hall–Kier alpha value is -6.71. The number of hydrogen-bond donors (Lipinski definition) is 0. The Morgan fingerprint density at radius 2 is 0.831 bits per heavy atom. The molecule has 8 aromatic carbocycles. The number of nitrogens with zero attached hydrogens (tertiary/aromatic N) is 2. The minimum atomic E-state index is -0.426. The third-order valence-electron chi connectivity index (χ3n) is 14.5. The molecule has 0 bridgehead atoms. The lowest BCUT2D eigenvalue weighted by atomic mass is 9.79. The van der Waals surface area contributed by atoms with Crippen molar-refractivity contribution in [2.24, 2.45) is 0 Å². The van der Waals surface area contributed by atoms with Crippen molar-refractivity contribution in [1.29, 1.82) is 5.26 Å². The highest BCUT2D eigenvalue weighted by Gasteiger charge is 2.41. The molecule has 0 unspecified atom stereocenters. The standard InChI is InChI=1S/C65H70N2O4/c1-60(2,3)37-23-25-49(65(16,17)18)50(32-37)67-58(68)47-33-51(70-42-28-38(61(4,5)6)26-39(29-42)62(7,8)9)55-45-21-19-20-44-36(35-66)22-24-46(53(44)45)56-52(34-48(59(67)69)54(47)57(55)56)71-43-30-40(63(10,11)12)27-41(31-43)64(13,14)15/h19-34H,1-18H3. The minimum absolute atomic E-state index is 0.199. The second-order valence-corrected chi connectivity index (χ2v) is 26.2. The number of carbonyl (C=O) groups excluding carboxylic acids is 2. The van der Waals surface area contributed by atoms with Crippen LogP contribution in [0.3, 0.4) is 0 Å². The summed E-state index contributed by atoms with van der Waals surface area (Å²) in [7, 11) is 0. The van der Waals surface area contributed by atoms with Crippen LogP contribution in [0, 0.1) is 11.3 Å². The molecular weight excluding hydrogens is 873 g/mol. The van der Waals surface area contributed by atoms with E-state index >= 15 is 9.59 Å². The van der Waals surface area contributed by atoms with Crippen LogP contribution < -0.4 is 14.4 Å². The molecule has 1 aliphatic heterocycles. The van der Waals surface area contributed by atoms with Crippen LogP contribution in [0.2, 0.25) is 0 Å². The lowest BCUT2D eigenvalue weighted by Gasteiger charge is -2.34. The summed E-state index contributed by atoms with van der Waals surface area (Å²) in [4.78, 5) is 33.2. The zero-order valence-electron chi connectivity index (χ0n) is 45.3. The highest BCUT2D eigenvalue weighted by atomic mass is 16.5. The van der Waals surface area contributed by atoms with Crippen molar-refractivity contribution in [2.45, 2.75) is 157 Å². The van der Waals surface area contributed by atoms with Gasteiger partial charge in [-0.1, -0.05) is 173 Å². The zero-order valence-corrected chi connectivity index (χ0v) is 45.3. The maximum absolute atomic E-state index is 15.9. The van der Waals surface area contributed by atoms with E-state index in [1.807, 2.05) is 42.5 Å². The molecule has 0 atom stereocenters. The van der Waals surface area contributed by atoms with Crippen LogP contribution in [0.25, 0.3) is 43.1 Å². The van der Waals surface area contributed by atoms with Crippen molar-refractivity contribution in [2.75, 3.05) is 4.90 Å². The first-order chi connectivity index (χ1) is 32.8. The van der Waals surface area contributed by atoms with Crippen molar-refractivity contribution in [3.05, 3.63) is 147 Å². The quantitative estimate of drug-likeness (QED) is 0.0976. The number of fused-ring (bicyclic) bond motifs is 2. The molecule has 0 aliphatic carbocycles. The zero-order chi connectivity index (χ0) is 51.9.